The fraction of sp³-hybridized carbons (Fsp3) is 0.644. The minimum absolute atomic E-state index is 0.112. The lowest BCUT2D eigenvalue weighted by Crippen LogP contribution is -2.28. The Bertz CT molecular complexity index is 968. The second kappa shape index (κ2) is 40.5. The van der Waals surface area contributed by atoms with E-state index in [1.165, 1.54) is 83.5 Å². The van der Waals surface area contributed by atoms with Crippen molar-refractivity contribution in [2.24, 2.45) is 0 Å². The van der Waals surface area contributed by atoms with Crippen LogP contribution in [0.3, 0.4) is 0 Å². The molecule has 284 valence electrons. The van der Waals surface area contributed by atoms with Crippen molar-refractivity contribution in [3.63, 3.8) is 0 Å². The zero-order chi connectivity index (χ0) is 36.4. The Morgan fingerprint density at radius 1 is 0.500 bits per heavy atom. The summed E-state index contributed by atoms with van der Waals surface area (Å²) in [6.07, 6.45) is 55.3. The third kappa shape index (κ3) is 37.9. The van der Waals surface area contributed by atoms with Gasteiger partial charge in [-0.1, -0.05) is 170 Å². The molecule has 1 unspecified atom stereocenters. The minimum atomic E-state index is -0.831. The molecule has 5 nitrogen and oxygen atoms in total. The number of allylic oxidation sites excluding steroid dienone is 13. The van der Waals surface area contributed by atoms with E-state index in [1.807, 2.05) is 6.08 Å². The van der Waals surface area contributed by atoms with Gasteiger partial charge >= 0.3 is 11.9 Å². The Hall–Kier alpha value is -2.92. The second-order valence-electron chi connectivity index (χ2n) is 13.0. The number of carbonyl (C=O) groups excluding carboxylic acids is 2. The molecular formula is C45H74O5. The van der Waals surface area contributed by atoms with Crippen LogP contribution >= 0.6 is 0 Å². The fourth-order valence-corrected chi connectivity index (χ4v) is 5.19. The molecule has 0 saturated heterocycles. The van der Waals surface area contributed by atoms with E-state index in [-0.39, 0.29) is 25.6 Å². The van der Waals surface area contributed by atoms with Crippen molar-refractivity contribution in [2.75, 3.05) is 13.2 Å². The van der Waals surface area contributed by atoms with Crippen molar-refractivity contribution in [3.8, 4) is 0 Å². The van der Waals surface area contributed by atoms with Gasteiger partial charge in [-0.3, -0.25) is 9.59 Å². The maximum absolute atomic E-state index is 12.1. The normalized spacial score (nSPS) is 13.1. The highest BCUT2D eigenvalue weighted by molar-refractivity contribution is 5.71. The van der Waals surface area contributed by atoms with Crippen molar-refractivity contribution in [2.45, 2.75) is 174 Å². The highest BCUT2D eigenvalue weighted by Crippen LogP contribution is 2.12. The molecule has 0 aromatic rings. The lowest BCUT2D eigenvalue weighted by atomic mass is 10.1. The standard InChI is InChI=1S/C45H74O5/c1-3-5-7-9-11-13-15-17-19-20-21-22-23-24-26-27-29-31-33-35-37-39-44(47)49-42-43(41-46)50-45(48)40-38-36-34-32-30-28-25-18-16-14-12-10-8-6-4-2/h6,8,12,14-15,17-18,20-21,25,30,32,36,38,43,46H,3-5,7,9-11,13,16,19,22-24,26-29,31,33-35,37,39-42H2,1-2H3/b8-6-,14-12-,17-15-,21-20-,25-18-,32-30-,38-36-. The van der Waals surface area contributed by atoms with Crippen LogP contribution in [-0.2, 0) is 19.1 Å². The summed E-state index contributed by atoms with van der Waals surface area (Å²) in [4.78, 5) is 24.2. The summed E-state index contributed by atoms with van der Waals surface area (Å²) < 4.78 is 10.5. The van der Waals surface area contributed by atoms with Gasteiger partial charge in [-0.05, 0) is 70.6 Å². The molecule has 1 N–H and O–H groups in total. The molecule has 0 amide bonds. The van der Waals surface area contributed by atoms with Gasteiger partial charge in [-0.2, -0.15) is 0 Å². The van der Waals surface area contributed by atoms with E-state index < -0.39 is 12.1 Å². The average molecular weight is 695 g/mol. The fourth-order valence-electron chi connectivity index (χ4n) is 5.19. The Kier molecular flexibility index (Phi) is 38.1. The molecular weight excluding hydrogens is 620 g/mol. The lowest BCUT2D eigenvalue weighted by Gasteiger charge is -2.15. The first-order valence-corrected chi connectivity index (χ1v) is 20.1. The number of aliphatic hydroxyl groups excluding tert-OH is 1. The van der Waals surface area contributed by atoms with Gasteiger partial charge in [0, 0.05) is 6.42 Å². The number of aliphatic hydroxyl groups is 1. The maximum Gasteiger partial charge on any atom is 0.310 e. The lowest BCUT2D eigenvalue weighted by molar-refractivity contribution is -0.160. The molecule has 0 fully saturated rings. The van der Waals surface area contributed by atoms with Gasteiger partial charge in [0.05, 0.1) is 13.0 Å². The molecule has 0 aliphatic carbocycles. The summed E-state index contributed by atoms with van der Waals surface area (Å²) in [5.74, 6) is -0.749. The van der Waals surface area contributed by atoms with Crippen LogP contribution < -0.4 is 0 Å². The van der Waals surface area contributed by atoms with Crippen LogP contribution in [0.5, 0.6) is 0 Å². The van der Waals surface area contributed by atoms with Crippen LogP contribution in [0.1, 0.15) is 168 Å². The van der Waals surface area contributed by atoms with E-state index in [0.717, 1.165) is 57.8 Å². The molecule has 0 aliphatic rings. The van der Waals surface area contributed by atoms with E-state index in [1.54, 1.807) is 6.08 Å². The molecule has 0 aromatic carbocycles. The summed E-state index contributed by atoms with van der Waals surface area (Å²) in [5.41, 5.74) is 0. The van der Waals surface area contributed by atoms with Gasteiger partial charge in [0.1, 0.15) is 6.61 Å². The van der Waals surface area contributed by atoms with Crippen LogP contribution in [0, 0.1) is 0 Å². The summed E-state index contributed by atoms with van der Waals surface area (Å²) in [6.45, 7) is 3.91. The smallest absolute Gasteiger partial charge is 0.310 e. The Morgan fingerprint density at radius 3 is 1.40 bits per heavy atom. The van der Waals surface area contributed by atoms with Gasteiger partial charge in [0.15, 0.2) is 6.10 Å². The first-order valence-electron chi connectivity index (χ1n) is 20.1. The van der Waals surface area contributed by atoms with Crippen molar-refractivity contribution < 1.29 is 24.2 Å². The van der Waals surface area contributed by atoms with Crippen molar-refractivity contribution in [1.29, 1.82) is 0 Å². The molecule has 0 saturated carbocycles. The Morgan fingerprint density at radius 2 is 0.920 bits per heavy atom. The van der Waals surface area contributed by atoms with Gasteiger partial charge in [-0.15, -0.1) is 0 Å². The zero-order valence-corrected chi connectivity index (χ0v) is 32.1. The van der Waals surface area contributed by atoms with E-state index >= 15 is 0 Å². The first-order chi connectivity index (χ1) is 24.6. The summed E-state index contributed by atoms with van der Waals surface area (Å²) in [6, 6.07) is 0. The minimum Gasteiger partial charge on any atom is -0.462 e. The largest absolute Gasteiger partial charge is 0.462 e. The van der Waals surface area contributed by atoms with E-state index in [9.17, 15) is 14.7 Å². The van der Waals surface area contributed by atoms with E-state index in [4.69, 9.17) is 9.47 Å². The number of hydrogen-bond donors (Lipinski definition) is 1. The number of carbonyl (C=O) groups is 2. The predicted molar refractivity (Wildman–Crippen MR) is 214 cm³/mol. The molecule has 0 rings (SSSR count). The quantitative estimate of drug-likeness (QED) is 0.0406. The third-order valence-corrected chi connectivity index (χ3v) is 8.21. The van der Waals surface area contributed by atoms with Crippen LogP contribution in [0.15, 0.2) is 85.1 Å². The maximum atomic E-state index is 12.1. The number of hydrogen-bond acceptors (Lipinski definition) is 5. The van der Waals surface area contributed by atoms with Crippen LogP contribution in [0.4, 0.5) is 0 Å². The number of ether oxygens (including phenoxy) is 2. The molecule has 0 spiro atoms. The van der Waals surface area contributed by atoms with Crippen molar-refractivity contribution in [3.05, 3.63) is 85.1 Å². The van der Waals surface area contributed by atoms with Gasteiger partial charge in [0.2, 0.25) is 0 Å². The van der Waals surface area contributed by atoms with Gasteiger partial charge in [-0.25, -0.2) is 0 Å². The van der Waals surface area contributed by atoms with Gasteiger partial charge in [0.25, 0.3) is 0 Å². The second-order valence-corrected chi connectivity index (χ2v) is 13.0. The summed E-state index contributed by atoms with van der Waals surface area (Å²) in [5, 5.41) is 9.54. The zero-order valence-electron chi connectivity index (χ0n) is 32.1. The van der Waals surface area contributed by atoms with E-state index in [2.05, 4.69) is 86.8 Å². The summed E-state index contributed by atoms with van der Waals surface area (Å²) in [7, 11) is 0. The topological polar surface area (TPSA) is 72.8 Å². The van der Waals surface area contributed by atoms with Crippen LogP contribution in [-0.4, -0.2) is 36.4 Å². The highest BCUT2D eigenvalue weighted by atomic mass is 16.6. The molecule has 5 heteroatoms. The molecule has 0 radical (unpaired) electrons. The Balaban J connectivity index is 3.67. The molecule has 0 aromatic heterocycles. The Labute approximate surface area is 307 Å². The van der Waals surface area contributed by atoms with Crippen molar-refractivity contribution in [1.82, 2.24) is 0 Å². The SMILES string of the molecule is CC/C=C\C/C=C\C/C=C\C/C=C\C/C=C\CC(=O)OC(CO)COC(=O)CCCCCCCCCCC/C=C\C/C=C\CCCCCCC. The number of rotatable bonds is 35. The van der Waals surface area contributed by atoms with Crippen LogP contribution in [0.25, 0.3) is 0 Å². The van der Waals surface area contributed by atoms with Crippen molar-refractivity contribution >= 4 is 11.9 Å². The highest BCUT2D eigenvalue weighted by Gasteiger charge is 2.15. The van der Waals surface area contributed by atoms with Crippen LogP contribution in [0.2, 0.25) is 0 Å². The molecule has 1 atom stereocenters. The van der Waals surface area contributed by atoms with Gasteiger partial charge < -0.3 is 14.6 Å². The predicted octanol–water partition coefficient (Wildman–Crippen LogP) is 12.7. The number of esters is 2. The molecule has 0 bridgehead atoms. The molecule has 0 aliphatic heterocycles. The third-order valence-electron chi connectivity index (χ3n) is 8.21. The van der Waals surface area contributed by atoms with E-state index in [0.29, 0.717) is 6.42 Å². The summed E-state index contributed by atoms with van der Waals surface area (Å²) >= 11 is 0. The number of unbranched alkanes of at least 4 members (excludes halogenated alkanes) is 14. The molecule has 50 heavy (non-hydrogen) atoms. The monoisotopic (exact) mass is 695 g/mol. The average Bonchev–Trinajstić information content (AvgIpc) is 3.12. The molecule has 0 heterocycles. The first kappa shape index (κ1) is 47.1.